The Kier molecular flexibility index (Phi) is 11.8. The lowest BCUT2D eigenvalue weighted by Crippen LogP contribution is -2.53. The number of likely N-dealkylation sites (tertiary alicyclic amines) is 2. The van der Waals surface area contributed by atoms with Crippen molar-refractivity contribution in [2.75, 3.05) is 58.9 Å². The second-order valence-corrected chi connectivity index (χ2v) is 15.3. The summed E-state index contributed by atoms with van der Waals surface area (Å²) in [5.41, 5.74) is 1.13. The summed E-state index contributed by atoms with van der Waals surface area (Å²) in [6.45, 7) is 3.48. The average Bonchev–Trinajstić information content (AvgIpc) is 3.26. The Labute approximate surface area is 337 Å². The number of fused-ring (bicyclic) bond motifs is 1. The van der Waals surface area contributed by atoms with Crippen molar-refractivity contribution in [2.24, 2.45) is 0 Å². The van der Waals surface area contributed by atoms with Crippen LogP contribution in [0.3, 0.4) is 0 Å². The Hall–Kier alpha value is -6.00. The number of aromatic amines is 1. The normalized spacial score (nSPS) is 17.1. The van der Waals surface area contributed by atoms with E-state index in [-0.39, 0.29) is 54.4 Å². The predicted octanol–water partition coefficient (Wildman–Crippen LogP) is 4.46. The van der Waals surface area contributed by atoms with Crippen molar-refractivity contribution < 1.29 is 32.3 Å². The molecule has 0 spiro atoms. The van der Waals surface area contributed by atoms with Gasteiger partial charge in [-0.3, -0.25) is 24.1 Å². The zero-order valence-corrected chi connectivity index (χ0v) is 32.3. The first-order valence-corrected chi connectivity index (χ1v) is 19.9. The highest BCUT2D eigenvalue weighted by Gasteiger charge is 2.32. The molecule has 13 nitrogen and oxygen atoms in total. The lowest BCUT2D eigenvalue weighted by Gasteiger charge is -2.38. The number of benzene rings is 3. The van der Waals surface area contributed by atoms with Crippen LogP contribution >= 0.6 is 0 Å². The molecule has 306 valence electrons. The van der Waals surface area contributed by atoms with Gasteiger partial charge in [0.25, 0.3) is 17.4 Å². The van der Waals surface area contributed by atoms with Gasteiger partial charge in [0.1, 0.15) is 23.0 Å². The molecule has 1 N–H and O–H groups in total. The van der Waals surface area contributed by atoms with Gasteiger partial charge in [0.2, 0.25) is 5.91 Å². The van der Waals surface area contributed by atoms with E-state index in [1.165, 1.54) is 29.4 Å². The van der Waals surface area contributed by atoms with Gasteiger partial charge in [-0.2, -0.15) is 15.3 Å². The number of piperazine rings is 1. The number of carbonyl (C=O) groups is 3. The van der Waals surface area contributed by atoms with Crippen molar-refractivity contribution in [1.29, 1.82) is 0 Å². The molecule has 5 aromatic rings. The molecule has 0 atom stereocenters. The van der Waals surface area contributed by atoms with Crippen LogP contribution in [-0.2, 0) is 16.0 Å². The summed E-state index contributed by atoms with van der Waals surface area (Å²) >= 11 is 0. The number of halogens is 3. The van der Waals surface area contributed by atoms with Crippen LogP contribution in [-0.4, -0.2) is 129 Å². The van der Waals surface area contributed by atoms with Crippen molar-refractivity contribution in [3.05, 3.63) is 123 Å². The maximum atomic E-state index is 15.0. The van der Waals surface area contributed by atoms with Crippen molar-refractivity contribution >= 4 is 28.5 Å². The number of rotatable bonds is 9. The van der Waals surface area contributed by atoms with Gasteiger partial charge in [-0.15, -0.1) is 0 Å². The number of piperidine rings is 2. The molecule has 3 aliphatic heterocycles. The molecule has 5 heterocycles. The highest BCUT2D eigenvalue weighted by atomic mass is 19.1. The van der Waals surface area contributed by atoms with E-state index in [1.54, 1.807) is 40.1 Å². The van der Waals surface area contributed by atoms with Gasteiger partial charge in [-0.25, -0.2) is 18.3 Å². The van der Waals surface area contributed by atoms with Gasteiger partial charge in [0.15, 0.2) is 0 Å². The van der Waals surface area contributed by atoms with E-state index in [9.17, 15) is 23.6 Å². The smallest absolute Gasteiger partial charge is 0.272 e. The van der Waals surface area contributed by atoms with Crippen LogP contribution in [0.5, 0.6) is 0 Å². The van der Waals surface area contributed by atoms with E-state index in [1.807, 2.05) is 6.07 Å². The van der Waals surface area contributed by atoms with E-state index >= 15 is 8.78 Å². The van der Waals surface area contributed by atoms with Gasteiger partial charge < -0.3 is 19.4 Å². The molecule has 0 radical (unpaired) electrons. The van der Waals surface area contributed by atoms with E-state index in [0.717, 1.165) is 25.0 Å². The largest absolute Gasteiger partial charge is 0.375 e. The number of carbonyl (C=O) groups excluding carboxylic acids is 3. The van der Waals surface area contributed by atoms with Gasteiger partial charge in [-0.05, 0) is 73.2 Å². The van der Waals surface area contributed by atoms with Crippen LogP contribution < -0.4 is 5.56 Å². The van der Waals surface area contributed by atoms with E-state index in [4.69, 9.17) is 4.74 Å². The summed E-state index contributed by atoms with van der Waals surface area (Å²) in [5, 5.41) is 15.3. The standard InChI is InChI=1S/C43H43F3N8O5/c44-35-6-5-27(22-38-32-3-1-2-4-33(32)41(56)50-49-38)21-34(35)42(57)54-19-17-52(18-20-54)39(55)26-51-13-8-30(9-14-51)59-31-10-15-53(16-11-31)43(58)40-36(45)23-29(24-37(40)46)28-7-12-47-48-25-28/h1-7,12,21,23-25,30-31H,8-11,13-20,22,26H2,(H,50,56). The SMILES string of the molecule is O=C(CN1CCC(OC2CCN(C(=O)c3c(F)cc(-c4ccnnc4)cc3F)CC2)CC1)N1CCN(C(=O)c2cc(Cc3n[nH]c(=O)c4ccccc34)ccc2F)CC1. The first kappa shape index (κ1) is 39.8. The van der Waals surface area contributed by atoms with Gasteiger partial charge >= 0.3 is 0 Å². The van der Waals surface area contributed by atoms with Gasteiger partial charge in [0.05, 0.1) is 47.8 Å². The average molecular weight is 809 g/mol. The van der Waals surface area contributed by atoms with E-state index in [0.29, 0.717) is 86.1 Å². The number of aromatic nitrogens is 4. The molecule has 3 amide bonds. The highest BCUT2D eigenvalue weighted by Crippen LogP contribution is 2.27. The molecule has 2 aromatic heterocycles. The molecule has 3 fully saturated rings. The van der Waals surface area contributed by atoms with Crippen LogP contribution in [0, 0.1) is 17.5 Å². The molecular weight excluding hydrogens is 766 g/mol. The zero-order chi connectivity index (χ0) is 41.0. The molecule has 0 saturated carbocycles. The van der Waals surface area contributed by atoms with Crippen LogP contribution in [0.1, 0.15) is 57.7 Å². The van der Waals surface area contributed by atoms with Crippen molar-refractivity contribution in [3.63, 3.8) is 0 Å². The van der Waals surface area contributed by atoms with E-state index < -0.39 is 34.8 Å². The fourth-order valence-electron chi connectivity index (χ4n) is 8.20. The number of H-pyrrole nitrogens is 1. The zero-order valence-electron chi connectivity index (χ0n) is 32.3. The Bertz CT molecular complexity index is 2390. The molecule has 3 aliphatic rings. The minimum atomic E-state index is -0.925. The molecule has 3 saturated heterocycles. The summed E-state index contributed by atoms with van der Waals surface area (Å²) < 4.78 is 51.4. The third kappa shape index (κ3) is 8.88. The summed E-state index contributed by atoms with van der Waals surface area (Å²) in [7, 11) is 0. The molecule has 0 unspecified atom stereocenters. The monoisotopic (exact) mass is 808 g/mol. The third-order valence-corrected chi connectivity index (χ3v) is 11.5. The summed E-state index contributed by atoms with van der Waals surface area (Å²) in [5.74, 6) is -3.63. The third-order valence-electron chi connectivity index (χ3n) is 11.5. The molecule has 3 aromatic carbocycles. The predicted molar refractivity (Wildman–Crippen MR) is 211 cm³/mol. The second kappa shape index (κ2) is 17.5. The Morgan fingerprint density at radius 3 is 2.02 bits per heavy atom. The van der Waals surface area contributed by atoms with Crippen LogP contribution in [0.2, 0.25) is 0 Å². The van der Waals surface area contributed by atoms with Crippen molar-refractivity contribution in [3.8, 4) is 11.1 Å². The number of nitrogens with one attached hydrogen (secondary N) is 1. The Morgan fingerprint density at radius 2 is 1.34 bits per heavy atom. The molecular formula is C43H43F3N8O5. The maximum Gasteiger partial charge on any atom is 0.272 e. The Balaban J connectivity index is 0.765. The fourth-order valence-corrected chi connectivity index (χ4v) is 8.20. The van der Waals surface area contributed by atoms with Crippen LogP contribution in [0.25, 0.3) is 21.9 Å². The first-order valence-electron chi connectivity index (χ1n) is 19.9. The number of nitrogens with zero attached hydrogens (tertiary/aromatic N) is 7. The second-order valence-electron chi connectivity index (χ2n) is 15.3. The summed E-state index contributed by atoms with van der Waals surface area (Å²) in [4.78, 5) is 59.0. The van der Waals surface area contributed by atoms with Gasteiger partial charge in [0, 0.05) is 69.7 Å². The molecule has 16 heteroatoms. The number of amides is 3. The number of ether oxygens (including phenoxy) is 1. The van der Waals surface area contributed by atoms with Crippen molar-refractivity contribution in [2.45, 2.75) is 44.3 Å². The maximum absolute atomic E-state index is 15.0. The van der Waals surface area contributed by atoms with Crippen LogP contribution in [0.15, 0.2) is 77.9 Å². The quantitative estimate of drug-likeness (QED) is 0.228. The summed E-state index contributed by atoms with van der Waals surface area (Å²) in [6, 6.07) is 15.4. The molecule has 8 rings (SSSR count). The molecule has 0 bridgehead atoms. The van der Waals surface area contributed by atoms with Crippen LogP contribution in [0.4, 0.5) is 13.2 Å². The Morgan fingerprint density at radius 1 is 0.695 bits per heavy atom. The summed E-state index contributed by atoms with van der Waals surface area (Å²) in [6.07, 6.45) is 5.60. The lowest BCUT2D eigenvalue weighted by molar-refractivity contribution is -0.135. The van der Waals surface area contributed by atoms with E-state index in [2.05, 4.69) is 25.3 Å². The van der Waals surface area contributed by atoms with Gasteiger partial charge in [-0.1, -0.05) is 24.3 Å². The number of hydrogen-bond donors (Lipinski definition) is 1. The topological polar surface area (TPSA) is 145 Å². The minimum Gasteiger partial charge on any atom is -0.375 e. The lowest BCUT2D eigenvalue weighted by atomic mass is 10.0. The first-order chi connectivity index (χ1) is 28.6. The number of hydrogen-bond acceptors (Lipinski definition) is 9. The molecule has 0 aliphatic carbocycles. The molecule has 59 heavy (non-hydrogen) atoms. The van der Waals surface area contributed by atoms with Crippen molar-refractivity contribution in [1.82, 2.24) is 40.0 Å². The highest BCUT2D eigenvalue weighted by molar-refractivity contribution is 5.96. The minimum absolute atomic E-state index is 0.000462. The fraction of sp³-hybridized carbons (Fsp3) is 0.372.